The summed E-state index contributed by atoms with van der Waals surface area (Å²) in [7, 11) is 1.86. The summed E-state index contributed by atoms with van der Waals surface area (Å²) >= 11 is 0. The molecule has 1 aromatic rings. The van der Waals surface area contributed by atoms with Crippen molar-refractivity contribution in [3.8, 4) is 0 Å². The third-order valence-corrected chi connectivity index (χ3v) is 2.46. The van der Waals surface area contributed by atoms with Crippen LogP contribution < -0.4 is 5.32 Å². The average Bonchev–Trinajstić information content (AvgIpc) is 2.13. The highest BCUT2D eigenvalue weighted by Gasteiger charge is 2.07. The van der Waals surface area contributed by atoms with Crippen molar-refractivity contribution < 1.29 is 5.11 Å². The number of benzene rings is 1. The van der Waals surface area contributed by atoms with Crippen LogP contribution in [0.15, 0.2) is 18.2 Å². The second kappa shape index (κ2) is 4.40. The maximum Gasteiger partial charge on any atom is 0.0626 e. The number of hydrogen-bond acceptors (Lipinski definition) is 2. The minimum atomic E-state index is 0.0549. The summed E-state index contributed by atoms with van der Waals surface area (Å²) in [6.07, 6.45) is 0. The minimum Gasteiger partial charge on any atom is -0.394 e. The van der Waals surface area contributed by atoms with Crippen molar-refractivity contribution in [2.75, 3.05) is 13.7 Å². The lowest BCUT2D eigenvalue weighted by Gasteiger charge is -2.14. The van der Waals surface area contributed by atoms with E-state index < -0.39 is 0 Å². The molecule has 0 fully saturated rings. The van der Waals surface area contributed by atoms with Gasteiger partial charge in [-0.15, -0.1) is 0 Å². The third-order valence-electron chi connectivity index (χ3n) is 2.46. The van der Waals surface area contributed by atoms with Gasteiger partial charge in [0.15, 0.2) is 0 Å². The van der Waals surface area contributed by atoms with Gasteiger partial charge in [-0.1, -0.05) is 18.2 Å². The van der Waals surface area contributed by atoms with Crippen molar-refractivity contribution in [3.05, 3.63) is 34.9 Å². The van der Waals surface area contributed by atoms with Crippen LogP contribution in [-0.4, -0.2) is 18.8 Å². The standard InChI is InChI=1S/C11H17NO/c1-8-4-5-10(6-9(8)2)11(7-13)12-3/h4-6,11-13H,7H2,1-3H3/t11-/m1/s1. The molecule has 0 unspecified atom stereocenters. The van der Waals surface area contributed by atoms with E-state index in [2.05, 4.69) is 37.4 Å². The molecule has 2 nitrogen and oxygen atoms in total. The van der Waals surface area contributed by atoms with E-state index in [4.69, 9.17) is 5.11 Å². The molecule has 1 aromatic carbocycles. The zero-order valence-electron chi connectivity index (χ0n) is 8.46. The van der Waals surface area contributed by atoms with Gasteiger partial charge in [-0.25, -0.2) is 0 Å². The summed E-state index contributed by atoms with van der Waals surface area (Å²) in [4.78, 5) is 0. The van der Waals surface area contributed by atoms with E-state index in [9.17, 15) is 0 Å². The van der Waals surface area contributed by atoms with Crippen LogP contribution in [-0.2, 0) is 0 Å². The first-order chi connectivity index (χ1) is 6.19. The SMILES string of the molecule is CN[C@H](CO)c1ccc(C)c(C)c1. The fourth-order valence-corrected chi connectivity index (χ4v) is 1.34. The topological polar surface area (TPSA) is 32.3 Å². The molecule has 0 heterocycles. The molecule has 13 heavy (non-hydrogen) atoms. The van der Waals surface area contributed by atoms with Crippen LogP contribution in [0.3, 0.4) is 0 Å². The Morgan fingerprint density at radius 2 is 2.00 bits per heavy atom. The van der Waals surface area contributed by atoms with Gasteiger partial charge in [0, 0.05) is 0 Å². The fourth-order valence-electron chi connectivity index (χ4n) is 1.34. The number of rotatable bonds is 3. The lowest BCUT2D eigenvalue weighted by molar-refractivity contribution is 0.251. The summed E-state index contributed by atoms with van der Waals surface area (Å²) in [5.74, 6) is 0. The Kier molecular flexibility index (Phi) is 3.46. The fraction of sp³-hybridized carbons (Fsp3) is 0.455. The Labute approximate surface area is 79.6 Å². The monoisotopic (exact) mass is 179 g/mol. The van der Waals surface area contributed by atoms with E-state index in [1.54, 1.807) is 0 Å². The zero-order valence-corrected chi connectivity index (χ0v) is 8.46. The number of likely N-dealkylation sites (N-methyl/N-ethyl adjacent to an activating group) is 1. The van der Waals surface area contributed by atoms with Crippen molar-refractivity contribution in [1.82, 2.24) is 5.32 Å². The van der Waals surface area contributed by atoms with Gasteiger partial charge >= 0.3 is 0 Å². The average molecular weight is 179 g/mol. The predicted octanol–water partition coefficient (Wildman–Crippen LogP) is 1.56. The second-order valence-corrected chi connectivity index (χ2v) is 3.37. The van der Waals surface area contributed by atoms with Gasteiger partial charge in [-0.3, -0.25) is 0 Å². The Bertz CT molecular complexity index is 279. The quantitative estimate of drug-likeness (QED) is 0.738. The minimum absolute atomic E-state index is 0.0549. The van der Waals surface area contributed by atoms with Crippen LogP contribution in [0.4, 0.5) is 0 Å². The molecule has 0 radical (unpaired) electrons. The molecule has 0 aliphatic rings. The summed E-state index contributed by atoms with van der Waals surface area (Å²) in [5.41, 5.74) is 3.70. The van der Waals surface area contributed by atoms with Crippen molar-refractivity contribution in [3.63, 3.8) is 0 Å². The number of aliphatic hydroxyl groups excluding tert-OH is 1. The number of aryl methyl sites for hydroxylation is 2. The Hall–Kier alpha value is -0.860. The molecule has 0 aromatic heterocycles. The number of hydrogen-bond donors (Lipinski definition) is 2. The van der Waals surface area contributed by atoms with Gasteiger partial charge in [-0.2, -0.15) is 0 Å². The van der Waals surface area contributed by atoms with E-state index in [-0.39, 0.29) is 12.6 Å². The molecule has 72 valence electrons. The van der Waals surface area contributed by atoms with E-state index in [0.29, 0.717) is 0 Å². The molecule has 0 amide bonds. The van der Waals surface area contributed by atoms with E-state index in [1.165, 1.54) is 11.1 Å². The molecule has 0 aliphatic heterocycles. The molecule has 1 rings (SSSR count). The second-order valence-electron chi connectivity index (χ2n) is 3.37. The molecular formula is C11H17NO. The smallest absolute Gasteiger partial charge is 0.0626 e. The van der Waals surface area contributed by atoms with E-state index in [0.717, 1.165) is 5.56 Å². The van der Waals surface area contributed by atoms with Gasteiger partial charge in [0.2, 0.25) is 0 Å². The van der Waals surface area contributed by atoms with Crippen LogP contribution >= 0.6 is 0 Å². The van der Waals surface area contributed by atoms with Gasteiger partial charge < -0.3 is 10.4 Å². The highest BCUT2D eigenvalue weighted by atomic mass is 16.3. The molecular weight excluding hydrogens is 162 g/mol. The molecule has 2 heteroatoms. The van der Waals surface area contributed by atoms with Gasteiger partial charge in [-0.05, 0) is 37.6 Å². The first-order valence-electron chi connectivity index (χ1n) is 4.54. The van der Waals surface area contributed by atoms with Gasteiger partial charge in [0.1, 0.15) is 0 Å². The van der Waals surface area contributed by atoms with Crippen LogP contribution in [0.5, 0.6) is 0 Å². The summed E-state index contributed by atoms with van der Waals surface area (Å²) < 4.78 is 0. The maximum absolute atomic E-state index is 9.08. The largest absolute Gasteiger partial charge is 0.394 e. The highest BCUT2D eigenvalue weighted by molar-refractivity contribution is 5.31. The van der Waals surface area contributed by atoms with Crippen LogP contribution in [0.25, 0.3) is 0 Å². The lowest BCUT2D eigenvalue weighted by Crippen LogP contribution is -2.19. The van der Waals surface area contributed by atoms with Crippen LogP contribution in [0.1, 0.15) is 22.7 Å². The van der Waals surface area contributed by atoms with E-state index in [1.807, 2.05) is 7.05 Å². The number of aliphatic hydroxyl groups is 1. The molecule has 0 saturated carbocycles. The Morgan fingerprint density at radius 3 is 2.46 bits per heavy atom. The Morgan fingerprint density at radius 1 is 1.31 bits per heavy atom. The third kappa shape index (κ3) is 2.29. The normalized spacial score (nSPS) is 12.9. The van der Waals surface area contributed by atoms with Gasteiger partial charge in [0.05, 0.1) is 12.6 Å². The molecule has 0 bridgehead atoms. The van der Waals surface area contributed by atoms with Crippen molar-refractivity contribution in [2.24, 2.45) is 0 Å². The van der Waals surface area contributed by atoms with E-state index >= 15 is 0 Å². The first-order valence-corrected chi connectivity index (χ1v) is 4.54. The molecule has 0 spiro atoms. The van der Waals surface area contributed by atoms with Crippen LogP contribution in [0.2, 0.25) is 0 Å². The summed E-state index contributed by atoms with van der Waals surface area (Å²) in [5, 5.41) is 12.1. The zero-order chi connectivity index (χ0) is 9.84. The highest BCUT2D eigenvalue weighted by Crippen LogP contribution is 2.16. The summed E-state index contributed by atoms with van der Waals surface area (Å²) in [6.45, 7) is 4.31. The van der Waals surface area contributed by atoms with Gasteiger partial charge in [0.25, 0.3) is 0 Å². The first kappa shape index (κ1) is 10.2. The molecule has 2 N–H and O–H groups in total. The summed E-state index contributed by atoms with van der Waals surface area (Å²) in [6, 6.07) is 6.32. The van der Waals surface area contributed by atoms with Crippen molar-refractivity contribution in [1.29, 1.82) is 0 Å². The molecule has 0 saturated heterocycles. The van der Waals surface area contributed by atoms with Crippen molar-refractivity contribution >= 4 is 0 Å². The number of nitrogens with one attached hydrogen (secondary N) is 1. The Balaban J connectivity index is 2.95. The van der Waals surface area contributed by atoms with Crippen LogP contribution in [0, 0.1) is 13.8 Å². The molecule has 0 aliphatic carbocycles. The predicted molar refractivity (Wildman–Crippen MR) is 54.8 cm³/mol. The lowest BCUT2D eigenvalue weighted by atomic mass is 10.0. The molecule has 1 atom stereocenters. The van der Waals surface area contributed by atoms with Crippen molar-refractivity contribution in [2.45, 2.75) is 19.9 Å². The maximum atomic E-state index is 9.08.